The third kappa shape index (κ3) is 285. The van der Waals surface area contributed by atoms with E-state index in [0.29, 0.717) is 0 Å². The Kier molecular flexibility index (Phi) is 15.3. The summed E-state index contributed by atoms with van der Waals surface area (Å²) in [6, 6.07) is 0. The molecule has 0 heterocycles. The van der Waals surface area contributed by atoms with Crippen LogP contribution in [-0.4, -0.2) is 45.5 Å². The first-order valence-electron chi connectivity index (χ1n) is 1.32. The smallest absolute Gasteiger partial charge is 0.759 e. The minimum absolute atomic E-state index is 0. The second-order valence-corrected chi connectivity index (χ2v) is 3.45. The van der Waals surface area contributed by atoms with Gasteiger partial charge in [0.2, 0.25) is 0 Å². The number of hydrogen-bond donors (Lipinski definition) is 0. The second-order valence-electron chi connectivity index (χ2n) is 0.656. The van der Waals surface area contributed by atoms with Crippen LogP contribution in [0, 0.1) is 0 Å². The van der Waals surface area contributed by atoms with Crippen LogP contribution in [0.3, 0.4) is 0 Å². The van der Waals surface area contributed by atoms with Crippen LogP contribution in [0.5, 0.6) is 0 Å². The van der Waals surface area contributed by atoms with Gasteiger partial charge in [0.25, 0.3) is 0 Å². The van der Waals surface area contributed by atoms with Gasteiger partial charge in [-0.25, -0.2) is 0 Å². The van der Waals surface area contributed by atoms with E-state index in [-0.39, 0.29) is 23.1 Å². The molecule has 0 N–H and O–H groups in total. The van der Waals surface area contributed by atoms with E-state index in [2.05, 4.69) is 0 Å². The Morgan fingerprint density at radius 3 is 1.10 bits per heavy atom. The van der Waals surface area contributed by atoms with E-state index in [1.165, 1.54) is 0 Å². The largest absolute Gasteiger partial charge is 2.00 e. The van der Waals surface area contributed by atoms with Gasteiger partial charge in [0.05, 0.1) is 0 Å². The van der Waals surface area contributed by atoms with Crippen LogP contribution in [0.4, 0.5) is 0 Å². The summed E-state index contributed by atoms with van der Waals surface area (Å²) in [4.78, 5) is -0.750. The molecule has 0 rings (SSSR count). The Balaban J connectivity index is -0.0000000910. The van der Waals surface area contributed by atoms with Gasteiger partial charge in [0.15, 0.2) is 0 Å². The molecule has 0 aromatic carbocycles. The summed E-state index contributed by atoms with van der Waals surface area (Å²) in [6.45, 7) is 0. The number of rotatable bonds is 0. The van der Waals surface area contributed by atoms with Gasteiger partial charge >= 0.3 is 28.0 Å². The fourth-order valence-corrected chi connectivity index (χ4v) is 0. The predicted octanol–water partition coefficient (Wildman–Crippen LogP) is -0.0311. The zero-order valence-corrected chi connectivity index (χ0v) is 8.96. The molecule has 0 aliphatic heterocycles. The minimum atomic E-state index is -5.17. The van der Waals surface area contributed by atoms with Crippen LogP contribution < -0.4 is 0 Å². The normalized spacial score (nSPS) is 8.50. The Hall–Kier alpha value is 1.57. The summed E-state index contributed by atoms with van der Waals surface area (Å²) in [6.07, 6.45) is 0. The SMILES string of the molecule is ClB(Cl)Cl.O=S(=O)([O-])[O-].[Mg+2]. The van der Waals surface area contributed by atoms with Crippen LogP contribution in [0.1, 0.15) is 0 Å². The molecule has 10 heteroatoms. The standard InChI is InChI=1S/BCl3.Mg.H2O4S/c2-1(3)4;;1-5(2,3)4/h;;(H2,1,2,3,4)/q;+2;/p-2. The van der Waals surface area contributed by atoms with Crippen molar-refractivity contribution in [3.8, 4) is 0 Å². The molecule has 0 saturated heterocycles. The van der Waals surface area contributed by atoms with Gasteiger partial charge in [-0.15, -0.1) is 0 Å². The van der Waals surface area contributed by atoms with Crippen molar-refractivity contribution in [2.45, 2.75) is 0 Å². The topological polar surface area (TPSA) is 80.3 Å². The first kappa shape index (κ1) is 17.6. The first-order valence-corrected chi connectivity index (χ1v) is 3.96. The molecule has 0 bridgehead atoms. The van der Waals surface area contributed by atoms with Crippen molar-refractivity contribution in [3.05, 3.63) is 0 Å². The molecule has 0 fully saturated rings. The van der Waals surface area contributed by atoms with Crippen molar-refractivity contribution in [2.75, 3.05) is 0 Å². The van der Waals surface area contributed by atoms with Crippen LogP contribution in [0.25, 0.3) is 0 Å². The van der Waals surface area contributed by atoms with Gasteiger partial charge in [-0.1, -0.05) is 0 Å². The monoisotopic (exact) mass is 236 g/mol. The maximum absolute atomic E-state index is 8.52. The van der Waals surface area contributed by atoms with Gasteiger partial charge < -0.3 is 9.11 Å². The molecule has 0 spiro atoms. The zero-order valence-electron chi connectivity index (χ0n) is 4.46. The van der Waals surface area contributed by atoms with Crippen molar-refractivity contribution < 1.29 is 17.5 Å². The molecule has 0 unspecified atom stereocenters. The van der Waals surface area contributed by atoms with Crippen LogP contribution in [0.2, 0.25) is 0 Å². The van der Waals surface area contributed by atoms with E-state index >= 15 is 0 Å². The summed E-state index contributed by atoms with van der Waals surface area (Å²) in [5.74, 6) is 0. The van der Waals surface area contributed by atoms with Crippen LogP contribution >= 0.6 is 34.4 Å². The average Bonchev–Trinajstić information content (AvgIpc) is 1.19. The molecule has 56 valence electrons. The molecule has 0 amide bonds. The third-order valence-corrected chi connectivity index (χ3v) is 0. The zero-order chi connectivity index (χ0) is 8.08. The predicted molar refractivity (Wildman–Crippen MR) is 39.5 cm³/mol. The van der Waals surface area contributed by atoms with E-state index < -0.39 is 15.4 Å². The molecule has 0 saturated carbocycles. The maximum atomic E-state index is 8.52. The first-order chi connectivity index (χ1) is 3.73. The van der Waals surface area contributed by atoms with Crippen molar-refractivity contribution in [1.82, 2.24) is 0 Å². The summed E-state index contributed by atoms with van der Waals surface area (Å²) >= 11 is 14.4. The fraction of sp³-hybridized carbons (Fsp3) is 0. The van der Waals surface area contributed by atoms with Crippen LogP contribution in [0.15, 0.2) is 0 Å². The van der Waals surface area contributed by atoms with Crippen molar-refractivity contribution in [1.29, 1.82) is 0 Å². The van der Waals surface area contributed by atoms with E-state index in [4.69, 9.17) is 51.9 Å². The quantitative estimate of drug-likeness (QED) is 0.337. The molecule has 4 nitrogen and oxygen atoms in total. The second kappa shape index (κ2) is 8.67. The van der Waals surface area contributed by atoms with Gasteiger partial charge in [-0.05, 0) is 0 Å². The number of hydrogen-bond acceptors (Lipinski definition) is 4. The van der Waals surface area contributed by atoms with Crippen molar-refractivity contribution in [3.63, 3.8) is 0 Å². The van der Waals surface area contributed by atoms with Gasteiger partial charge in [0, 0.05) is 10.4 Å². The van der Waals surface area contributed by atoms with Gasteiger partial charge in [-0.2, -0.15) is 34.4 Å². The van der Waals surface area contributed by atoms with Crippen molar-refractivity contribution in [2.24, 2.45) is 0 Å². The molecule has 10 heavy (non-hydrogen) atoms. The molecular formula is BCl3MgO4S. The molecule has 0 aromatic heterocycles. The van der Waals surface area contributed by atoms with E-state index in [9.17, 15) is 0 Å². The third-order valence-electron chi connectivity index (χ3n) is 0. The molecule has 0 aromatic rings. The minimum Gasteiger partial charge on any atom is -0.759 e. The average molecular weight is 238 g/mol. The summed E-state index contributed by atoms with van der Waals surface area (Å²) in [7, 11) is -5.17. The summed E-state index contributed by atoms with van der Waals surface area (Å²) in [5.41, 5.74) is 0. The molecule has 0 aliphatic rings. The van der Waals surface area contributed by atoms with E-state index in [1.807, 2.05) is 0 Å². The van der Waals surface area contributed by atoms with E-state index in [1.54, 1.807) is 0 Å². The number of halogens is 3. The van der Waals surface area contributed by atoms with Gasteiger partial charge in [0.1, 0.15) is 0 Å². The molecule has 0 radical (unpaired) electrons. The Labute approximate surface area is 89.8 Å². The Morgan fingerprint density at radius 1 is 1.10 bits per heavy atom. The molecular weight excluding hydrogens is 238 g/mol. The van der Waals surface area contributed by atoms with Crippen LogP contribution in [-0.2, 0) is 10.4 Å². The summed E-state index contributed by atoms with van der Waals surface area (Å²) < 4.78 is 34.1. The Morgan fingerprint density at radius 2 is 1.10 bits per heavy atom. The maximum Gasteiger partial charge on any atom is 2.00 e. The van der Waals surface area contributed by atoms with E-state index in [0.717, 1.165) is 0 Å². The van der Waals surface area contributed by atoms with Gasteiger partial charge in [-0.3, -0.25) is 8.42 Å². The molecule has 0 aliphatic carbocycles. The van der Waals surface area contributed by atoms with Crippen molar-refractivity contribution >= 4 is 72.8 Å². The fourth-order valence-electron chi connectivity index (χ4n) is 0. The summed E-state index contributed by atoms with van der Waals surface area (Å²) in [5, 5.41) is 0. The molecule has 0 atom stereocenters. The Bertz CT molecular complexity index is 132.